The zero-order valence-electron chi connectivity index (χ0n) is 6.82. The average Bonchev–Trinajstić information content (AvgIpc) is 1.99. The third-order valence-electron chi connectivity index (χ3n) is 1.16. The molecule has 0 radical (unpaired) electrons. The van der Waals surface area contributed by atoms with Crippen molar-refractivity contribution in [3.05, 3.63) is 0 Å². The van der Waals surface area contributed by atoms with E-state index in [1.54, 1.807) is 0 Å². The van der Waals surface area contributed by atoms with Gasteiger partial charge in [-0.2, -0.15) is 0 Å². The number of hydrogen-bond donors (Lipinski definition) is 0. The van der Waals surface area contributed by atoms with Crippen molar-refractivity contribution in [1.82, 2.24) is 0 Å². The van der Waals surface area contributed by atoms with Gasteiger partial charge in [0, 0.05) is 18.2 Å². The van der Waals surface area contributed by atoms with E-state index < -0.39 is 0 Å². The number of Topliss-reactive ketones (excluding diaryl/α,β-unsaturated/α-hetero) is 1. The fraction of sp³-hybridized carbons (Fsp3) is 0.667. The van der Waals surface area contributed by atoms with Crippen LogP contribution >= 0.6 is 15.9 Å². The predicted molar refractivity (Wildman–Crippen MR) is 50.7 cm³/mol. The lowest BCUT2D eigenvalue weighted by atomic mass is 10.2. The van der Waals surface area contributed by atoms with Crippen LogP contribution in [0.15, 0.2) is 0 Å². The van der Waals surface area contributed by atoms with Crippen molar-refractivity contribution in [2.75, 3.05) is 5.33 Å². The lowest BCUT2D eigenvalue weighted by Gasteiger charge is -1.88. The van der Waals surface area contributed by atoms with E-state index in [4.69, 9.17) is 0 Å². The van der Waals surface area contributed by atoms with Gasteiger partial charge in [0.15, 0.2) is 0 Å². The molecule has 0 bridgehead atoms. The Morgan fingerprint density at radius 3 is 2.73 bits per heavy atom. The van der Waals surface area contributed by atoms with Crippen molar-refractivity contribution in [1.29, 1.82) is 0 Å². The number of ketones is 1. The van der Waals surface area contributed by atoms with Crippen LogP contribution in [0.4, 0.5) is 0 Å². The van der Waals surface area contributed by atoms with Crippen LogP contribution in [0, 0.1) is 11.8 Å². The fourth-order valence-corrected chi connectivity index (χ4v) is 0.862. The minimum atomic E-state index is 0.259. The average molecular weight is 217 g/mol. The second kappa shape index (κ2) is 7.81. The molecule has 0 atom stereocenters. The Morgan fingerprint density at radius 2 is 2.18 bits per heavy atom. The molecule has 0 spiro atoms. The van der Waals surface area contributed by atoms with Gasteiger partial charge < -0.3 is 0 Å². The molecule has 0 heterocycles. The Labute approximate surface area is 76.7 Å². The van der Waals surface area contributed by atoms with E-state index >= 15 is 0 Å². The SMILES string of the molecule is CCCC(=O)CC#CCCBr. The zero-order valence-corrected chi connectivity index (χ0v) is 8.41. The van der Waals surface area contributed by atoms with Crippen LogP contribution in [0.1, 0.15) is 32.6 Å². The molecule has 0 N–H and O–H groups in total. The summed E-state index contributed by atoms with van der Waals surface area (Å²) in [5.74, 6) is 6.01. The maximum atomic E-state index is 10.9. The van der Waals surface area contributed by atoms with Crippen molar-refractivity contribution in [3.63, 3.8) is 0 Å². The van der Waals surface area contributed by atoms with E-state index in [9.17, 15) is 4.79 Å². The smallest absolute Gasteiger partial charge is 0.144 e. The summed E-state index contributed by atoms with van der Waals surface area (Å²) in [6.07, 6.45) is 2.86. The normalized spacial score (nSPS) is 8.55. The highest BCUT2D eigenvalue weighted by atomic mass is 79.9. The molecule has 0 saturated heterocycles. The number of carbonyl (C=O) groups excluding carboxylic acids is 1. The lowest BCUT2D eigenvalue weighted by Crippen LogP contribution is -1.93. The second-order valence-corrected chi connectivity index (χ2v) is 3.05. The Hall–Kier alpha value is -0.290. The number of halogens is 1. The number of carbonyl (C=O) groups is 1. The third-order valence-corrected chi connectivity index (χ3v) is 1.56. The largest absolute Gasteiger partial charge is 0.299 e. The first kappa shape index (κ1) is 10.7. The van der Waals surface area contributed by atoms with Gasteiger partial charge in [0.1, 0.15) is 5.78 Å². The molecule has 0 aromatic rings. The summed E-state index contributed by atoms with van der Waals surface area (Å²) in [6.45, 7) is 2.00. The van der Waals surface area contributed by atoms with Crippen molar-refractivity contribution in [2.24, 2.45) is 0 Å². The van der Waals surface area contributed by atoms with Crippen LogP contribution in [0.2, 0.25) is 0 Å². The molecule has 0 amide bonds. The summed E-state index contributed by atoms with van der Waals surface area (Å²) in [5.41, 5.74) is 0. The molecule has 1 nitrogen and oxygen atoms in total. The molecular weight excluding hydrogens is 204 g/mol. The topological polar surface area (TPSA) is 17.1 Å². The van der Waals surface area contributed by atoms with Gasteiger partial charge >= 0.3 is 0 Å². The van der Waals surface area contributed by atoms with Crippen LogP contribution < -0.4 is 0 Å². The van der Waals surface area contributed by atoms with Gasteiger partial charge in [-0.05, 0) is 6.42 Å². The fourth-order valence-electron chi connectivity index (χ4n) is 0.664. The Bertz CT molecular complexity index is 164. The summed E-state index contributed by atoms with van der Waals surface area (Å²) >= 11 is 3.26. The van der Waals surface area contributed by atoms with Gasteiger partial charge in [-0.3, -0.25) is 4.79 Å². The highest BCUT2D eigenvalue weighted by Gasteiger charge is 1.94. The highest BCUT2D eigenvalue weighted by Crippen LogP contribution is 1.92. The van der Waals surface area contributed by atoms with E-state index in [1.807, 2.05) is 6.92 Å². The van der Waals surface area contributed by atoms with Gasteiger partial charge in [0.2, 0.25) is 0 Å². The van der Waals surface area contributed by atoms with E-state index in [-0.39, 0.29) is 5.78 Å². The molecule has 2 heteroatoms. The molecule has 0 fully saturated rings. The summed E-state index contributed by atoms with van der Waals surface area (Å²) in [5, 5.41) is 0.891. The summed E-state index contributed by atoms with van der Waals surface area (Å²) in [6, 6.07) is 0. The van der Waals surface area contributed by atoms with Gasteiger partial charge in [0.25, 0.3) is 0 Å². The molecule has 0 aliphatic heterocycles. The molecule has 11 heavy (non-hydrogen) atoms. The molecule has 0 unspecified atom stereocenters. The first-order chi connectivity index (χ1) is 5.31. The first-order valence-electron chi connectivity index (χ1n) is 3.84. The summed E-state index contributed by atoms with van der Waals surface area (Å²) < 4.78 is 0. The van der Waals surface area contributed by atoms with Crippen LogP contribution in [0.3, 0.4) is 0 Å². The van der Waals surface area contributed by atoms with Crippen LogP contribution in [-0.2, 0) is 4.79 Å². The Kier molecular flexibility index (Phi) is 7.61. The molecule has 62 valence electrons. The van der Waals surface area contributed by atoms with Gasteiger partial charge in [0.05, 0.1) is 6.42 Å². The Balaban J connectivity index is 3.38. The van der Waals surface area contributed by atoms with Gasteiger partial charge in [-0.25, -0.2) is 0 Å². The first-order valence-corrected chi connectivity index (χ1v) is 4.96. The Morgan fingerprint density at radius 1 is 1.45 bits per heavy atom. The predicted octanol–water partition coefficient (Wildman–Crippen LogP) is 2.53. The van der Waals surface area contributed by atoms with Gasteiger partial charge in [-0.1, -0.05) is 28.8 Å². The quantitative estimate of drug-likeness (QED) is 0.522. The molecule has 0 saturated carbocycles. The third kappa shape index (κ3) is 7.61. The summed E-state index contributed by atoms with van der Waals surface area (Å²) in [4.78, 5) is 10.9. The lowest BCUT2D eigenvalue weighted by molar-refractivity contribution is -0.118. The second-order valence-electron chi connectivity index (χ2n) is 2.26. The van der Waals surface area contributed by atoms with Crippen LogP contribution in [0.25, 0.3) is 0 Å². The molecular formula is C9H13BrO. The van der Waals surface area contributed by atoms with Crippen molar-refractivity contribution >= 4 is 21.7 Å². The summed E-state index contributed by atoms with van der Waals surface area (Å²) in [7, 11) is 0. The van der Waals surface area contributed by atoms with Crippen molar-refractivity contribution in [2.45, 2.75) is 32.6 Å². The standard InChI is InChI=1S/C9H13BrO/c1-2-6-9(11)7-4-3-5-8-10/h2,5-8H2,1H3. The zero-order chi connectivity index (χ0) is 8.53. The number of alkyl halides is 1. The molecule has 0 rings (SSSR count). The number of rotatable bonds is 4. The number of hydrogen-bond acceptors (Lipinski definition) is 1. The minimum Gasteiger partial charge on any atom is -0.299 e. The van der Waals surface area contributed by atoms with E-state index in [1.165, 1.54) is 0 Å². The molecule has 0 aliphatic rings. The van der Waals surface area contributed by atoms with Gasteiger partial charge in [-0.15, -0.1) is 5.92 Å². The molecule has 0 aromatic heterocycles. The van der Waals surface area contributed by atoms with Crippen molar-refractivity contribution < 1.29 is 4.79 Å². The van der Waals surface area contributed by atoms with Crippen molar-refractivity contribution in [3.8, 4) is 11.8 Å². The minimum absolute atomic E-state index is 0.259. The maximum absolute atomic E-state index is 10.9. The molecule has 0 aromatic carbocycles. The maximum Gasteiger partial charge on any atom is 0.144 e. The van der Waals surface area contributed by atoms with E-state index in [0.717, 1.165) is 18.2 Å². The van der Waals surface area contributed by atoms with Crippen LogP contribution in [0.5, 0.6) is 0 Å². The van der Waals surface area contributed by atoms with Crippen LogP contribution in [-0.4, -0.2) is 11.1 Å². The molecule has 0 aliphatic carbocycles. The van der Waals surface area contributed by atoms with E-state index in [0.29, 0.717) is 12.8 Å². The highest BCUT2D eigenvalue weighted by molar-refractivity contribution is 9.09. The van der Waals surface area contributed by atoms with E-state index in [2.05, 4.69) is 27.8 Å². The monoisotopic (exact) mass is 216 g/mol.